The molecule has 2 rings (SSSR count). The first-order valence-electron chi connectivity index (χ1n) is 8.65. The Hall–Kier alpha value is -2.60. The van der Waals surface area contributed by atoms with Crippen LogP contribution in [0, 0.1) is 6.92 Å². The van der Waals surface area contributed by atoms with E-state index >= 15 is 0 Å². The summed E-state index contributed by atoms with van der Waals surface area (Å²) in [4.78, 5) is 11.9. The number of carbonyl (C=O) groups is 1. The first kappa shape index (κ1) is 20.7. The first-order valence-corrected chi connectivity index (χ1v) is 9.03. The van der Waals surface area contributed by atoms with Crippen molar-refractivity contribution in [2.24, 2.45) is 0 Å². The molecular weight excluding hydrogens is 368 g/mol. The maximum absolute atomic E-state index is 11.9. The SMILES string of the molecule is COc1ccc(CNC(=O)NCCCOc2ccc(Cl)cc2C)cc1OC. The van der Waals surface area contributed by atoms with E-state index in [1.54, 1.807) is 20.3 Å². The second kappa shape index (κ2) is 10.5. The van der Waals surface area contributed by atoms with E-state index < -0.39 is 0 Å². The van der Waals surface area contributed by atoms with E-state index in [-0.39, 0.29) is 6.03 Å². The molecule has 0 spiro atoms. The lowest BCUT2D eigenvalue weighted by molar-refractivity contribution is 0.238. The monoisotopic (exact) mass is 392 g/mol. The number of ether oxygens (including phenoxy) is 3. The summed E-state index contributed by atoms with van der Waals surface area (Å²) in [5.74, 6) is 2.09. The third kappa shape index (κ3) is 6.57. The Morgan fingerprint density at radius 3 is 2.44 bits per heavy atom. The zero-order valence-electron chi connectivity index (χ0n) is 15.8. The molecule has 7 heteroatoms. The van der Waals surface area contributed by atoms with Gasteiger partial charge in [-0.25, -0.2) is 4.79 Å². The number of hydrogen-bond donors (Lipinski definition) is 2. The first-order chi connectivity index (χ1) is 13.0. The number of nitrogens with one attached hydrogen (secondary N) is 2. The maximum Gasteiger partial charge on any atom is 0.315 e. The van der Waals surface area contributed by atoms with Crippen molar-refractivity contribution < 1.29 is 19.0 Å². The highest BCUT2D eigenvalue weighted by Crippen LogP contribution is 2.27. The third-order valence-corrected chi connectivity index (χ3v) is 4.14. The Kier molecular flexibility index (Phi) is 8.07. The van der Waals surface area contributed by atoms with Crippen molar-refractivity contribution in [3.63, 3.8) is 0 Å². The van der Waals surface area contributed by atoms with Crippen LogP contribution in [0.2, 0.25) is 5.02 Å². The molecular formula is C20H25ClN2O4. The number of benzene rings is 2. The minimum absolute atomic E-state index is 0.229. The molecule has 0 saturated carbocycles. The number of methoxy groups -OCH3 is 2. The Morgan fingerprint density at radius 1 is 1.00 bits per heavy atom. The van der Waals surface area contributed by atoms with Gasteiger partial charge in [0.05, 0.1) is 20.8 Å². The molecule has 0 heterocycles. The van der Waals surface area contributed by atoms with Crippen LogP contribution in [0.25, 0.3) is 0 Å². The molecule has 0 unspecified atom stereocenters. The molecule has 0 aromatic heterocycles. The number of hydrogen-bond acceptors (Lipinski definition) is 4. The lowest BCUT2D eigenvalue weighted by Crippen LogP contribution is -2.36. The van der Waals surface area contributed by atoms with Crippen molar-refractivity contribution in [3.8, 4) is 17.2 Å². The van der Waals surface area contributed by atoms with E-state index in [1.165, 1.54) is 0 Å². The van der Waals surface area contributed by atoms with Gasteiger partial charge in [0.25, 0.3) is 0 Å². The average molecular weight is 393 g/mol. The largest absolute Gasteiger partial charge is 0.493 e. The zero-order valence-corrected chi connectivity index (χ0v) is 16.6. The second-order valence-corrected chi connectivity index (χ2v) is 6.35. The molecule has 0 bridgehead atoms. The van der Waals surface area contributed by atoms with Gasteiger partial charge in [-0.3, -0.25) is 0 Å². The van der Waals surface area contributed by atoms with Gasteiger partial charge in [-0.15, -0.1) is 0 Å². The quantitative estimate of drug-likeness (QED) is 0.634. The van der Waals surface area contributed by atoms with Crippen LogP contribution < -0.4 is 24.8 Å². The Morgan fingerprint density at radius 2 is 1.74 bits per heavy atom. The lowest BCUT2D eigenvalue weighted by Gasteiger charge is -2.12. The number of amides is 2. The van der Waals surface area contributed by atoms with E-state index in [2.05, 4.69) is 10.6 Å². The van der Waals surface area contributed by atoms with Crippen LogP contribution in [0.5, 0.6) is 17.2 Å². The fourth-order valence-corrected chi connectivity index (χ4v) is 2.69. The van der Waals surface area contributed by atoms with Gasteiger partial charge in [0.2, 0.25) is 0 Å². The molecule has 2 N–H and O–H groups in total. The van der Waals surface area contributed by atoms with Crippen LogP contribution in [0.1, 0.15) is 17.5 Å². The molecule has 2 amide bonds. The van der Waals surface area contributed by atoms with Crippen molar-refractivity contribution in [3.05, 3.63) is 52.5 Å². The summed E-state index contributed by atoms with van der Waals surface area (Å²) >= 11 is 5.92. The Balaban J connectivity index is 1.66. The van der Waals surface area contributed by atoms with Crippen LogP contribution in [-0.2, 0) is 6.54 Å². The molecule has 0 saturated heterocycles. The van der Waals surface area contributed by atoms with Gasteiger partial charge in [0.1, 0.15) is 5.75 Å². The van der Waals surface area contributed by atoms with Crippen LogP contribution in [0.4, 0.5) is 4.79 Å². The van der Waals surface area contributed by atoms with Crippen molar-refractivity contribution >= 4 is 17.6 Å². The Bertz CT molecular complexity index is 768. The maximum atomic E-state index is 11.9. The van der Waals surface area contributed by atoms with Crippen LogP contribution in [0.3, 0.4) is 0 Å². The van der Waals surface area contributed by atoms with E-state index in [9.17, 15) is 4.79 Å². The van der Waals surface area contributed by atoms with Gasteiger partial charge in [0.15, 0.2) is 11.5 Å². The Labute approximate surface area is 164 Å². The molecule has 0 aliphatic rings. The minimum atomic E-state index is -0.229. The highest BCUT2D eigenvalue weighted by Gasteiger charge is 2.06. The molecule has 2 aromatic rings. The summed E-state index contributed by atoms with van der Waals surface area (Å²) in [6.45, 7) is 3.37. The predicted molar refractivity (Wildman–Crippen MR) is 106 cm³/mol. The number of urea groups is 1. The zero-order chi connectivity index (χ0) is 19.6. The second-order valence-electron chi connectivity index (χ2n) is 5.91. The highest BCUT2D eigenvalue weighted by molar-refractivity contribution is 6.30. The fourth-order valence-electron chi connectivity index (χ4n) is 2.47. The summed E-state index contributed by atoms with van der Waals surface area (Å²) in [7, 11) is 3.16. The summed E-state index contributed by atoms with van der Waals surface area (Å²) in [6, 6.07) is 10.8. The van der Waals surface area contributed by atoms with Crippen LogP contribution in [-0.4, -0.2) is 33.4 Å². The summed E-state index contributed by atoms with van der Waals surface area (Å²) in [5, 5.41) is 6.30. The average Bonchev–Trinajstić information content (AvgIpc) is 2.67. The van der Waals surface area contributed by atoms with E-state index in [0.717, 1.165) is 16.9 Å². The van der Waals surface area contributed by atoms with E-state index in [4.69, 9.17) is 25.8 Å². The van der Waals surface area contributed by atoms with E-state index in [0.29, 0.717) is 42.6 Å². The van der Waals surface area contributed by atoms with Gasteiger partial charge in [-0.2, -0.15) is 0 Å². The topological polar surface area (TPSA) is 68.8 Å². The van der Waals surface area contributed by atoms with Crippen molar-refractivity contribution in [1.82, 2.24) is 10.6 Å². The van der Waals surface area contributed by atoms with Crippen molar-refractivity contribution in [2.45, 2.75) is 19.9 Å². The summed E-state index contributed by atoms with van der Waals surface area (Å²) < 4.78 is 16.1. The molecule has 0 fully saturated rings. The third-order valence-electron chi connectivity index (χ3n) is 3.90. The number of rotatable bonds is 9. The minimum Gasteiger partial charge on any atom is -0.493 e. The molecule has 146 valence electrons. The van der Waals surface area contributed by atoms with Gasteiger partial charge in [-0.05, 0) is 54.8 Å². The van der Waals surface area contributed by atoms with Crippen LogP contribution in [0.15, 0.2) is 36.4 Å². The molecule has 6 nitrogen and oxygen atoms in total. The fraction of sp³-hybridized carbons (Fsp3) is 0.350. The lowest BCUT2D eigenvalue weighted by atomic mass is 10.2. The molecule has 0 aliphatic heterocycles. The summed E-state index contributed by atoms with van der Waals surface area (Å²) in [5.41, 5.74) is 1.91. The predicted octanol–water partition coefficient (Wildman–Crippen LogP) is 3.93. The molecule has 27 heavy (non-hydrogen) atoms. The summed E-state index contributed by atoms with van der Waals surface area (Å²) in [6.07, 6.45) is 0.700. The number of aryl methyl sites for hydroxylation is 1. The van der Waals surface area contributed by atoms with Gasteiger partial charge in [0, 0.05) is 18.1 Å². The van der Waals surface area contributed by atoms with Crippen LogP contribution >= 0.6 is 11.6 Å². The standard InChI is InChI=1S/C20H25ClN2O4/c1-14-11-16(21)6-8-17(14)27-10-4-9-22-20(24)23-13-15-5-7-18(25-2)19(12-15)26-3/h5-8,11-12H,4,9-10,13H2,1-3H3,(H2,22,23,24). The number of carbonyl (C=O) groups excluding carboxylic acids is 1. The van der Waals surface area contributed by atoms with Gasteiger partial charge in [-0.1, -0.05) is 17.7 Å². The molecule has 2 aromatic carbocycles. The van der Waals surface area contributed by atoms with Crippen molar-refractivity contribution in [2.75, 3.05) is 27.4 Å². The van der Waals surface area contributed by atoms with Gasteiger partial charge < -0.3 is 24.8 Å². The normalized spacial score (nSPS) is 10.2. The molecule has 0 radical (unpaired) electrons. The van der Waals surface area contributed by atoms with Crippen molar-refractivity contribution in [1.29, 1.82) is 0 Å². The smallest absolute Gasteiger partial charge is 0.315 e. The van der Waals surface area contributed by atoms with Gasteiger partial charge >= 0.3 is 6.03 Å². The highest BCUT2D eigenvalue weighted by atomic mass is 35.5. The number of halogens is 1. The molecule has 0 aliphatic carbocycles. The van der Waals surface area contributed by atoms with E-state index in [1.807, 2.05) is 37.3 Å². The molecule has 0 atom stereocenters.